The number of benzene rings is 2. The lowest BCUT2D eigenvalue weighted by Crippen LogP contribution is -2.40. The van der Waals surface area contributed by atoms with Crippen molar-refractivity contribution in [3.63, 3.8) is 0 Å². The Hall–Kier alpha value is -2.47. The monoisotopic (exact) mass is 364 g/mol. The number of amides is 2. The highest BCUT2D eigenvalue weighted by Gasteiger charge is 2.44. The van der Waals surface area contributed by atoms with Crippen molar-refractivity contribution >= 4 is 34.8 Å². The third kappa shape index (κ3) is 3.09. The summed E-state index contributed by atoms with van der Waals surface area (Å²) in [6.07, 6.45) is 0. The first kappa shape index (κ1) is 17.4. The molecule has 1 aliphatic rings. The number of carbonyl (C=O) groups is 2. The van der Waals surface area contributed by atoms with Gasteiger partial charge in [-0.05, 0) is 49.7 Å². The Morgan fingerprint density at radius 3 is 2.60 bits per heavy atom. The molecule has 0 atom stereocenters. The molecule has 1 heterocycles. The van der Waals surface area contributed by atoms with Gasteiger partial charge in [0, 0.05) is 16.8 Å². The molecule has 4 nitrogen and oxygen atoms in total. The van der Waals surface area contributed by atoms with Gasteiger partial charge in [0.05, 0.1) is 11.1 Å². The van der Waals surface area contributed by atoms with Crippen molar-refractivity contribution in [1.82, 2.24) is 0 Å². The zero-order chi connectivity index (χ0) is 18.4. The molecule has 0 aromatic heterocycles. The van der Waals surface area contributed by atoms with Gasteiger partial charge in [0.25, 0.3) is 0 Å². The lowest BCUT2D eigenvalue weighted by atomic mass is 9.86. The molecule has 0 aliphatic carbocycles. The molecule has 0 fully saturated rings. The van der Waals surface area contributed by atoms with E-state index in [1.54, 1.807) is 32.0 Å². The van der Waals surface area contributed by atoms with E-state index in [9.17, 15) is 18.4 Å². The topological polar surface area (TPSA) is 49.4 Å². The molecule has 0 unspecified atom stereocenters. The van der Waals surface area contributed by atoms with E-state index in [1.807, 2.05) is 0 Å². The maximum Gasteiger partial charge on any atom is 0.244 e. The average Bonchev–Trinajstić information content (AvgIpc) is 2.71. The number of nitrogens with one attached hydrogen (secondary N) is 1. The van der Waals surface area contributed by atoms with Crippen molar-refractivity contribution in [2.24, 2.45) is 0 Å². The maximum atomic E-state index is 13.7. The number of anilines is 2. The predicted molar refractivity (Wildman–Crippen MR) is 91.8 cm³/mol. The molecule has 0 bridgehead atoms. The largest absolute Gasteiger partial charge is 0.322 e. The lowest BCUT2D eigenvalue weighted by molar-refractivity contribution is -0.124. The van der Waals surface area contributed by atoms with E-state index in [-0.39, 0.29) is 18.1 Å². The summed E-state index contributed by atoms with van der Waals surface area (Å²) < 4.78 is 26.6. The summed E-state index contributed by atoms with van der Waals surface area (Å²) in [5.74, 6) is -2.46. The second kappa shape index (κ2) is 6.11. The number of hydrogen-bond acceptors (Lipinski definition) is 2. The first-order chi connectivity index (χ1) is 11.7. The zero-order valence-corrected chi connectivity index (χ0v) is 14.3. The Morgan fingerprint density at radius 1 is 1.20 bits per heavy atom. The number of nitrogens with zero attached hydrogens (tertiary/aromatic N) is 1. The average molecular weight is 365 g/mol. The Morgan fingerprint density at radius 2 is 1.92 bits per heavy atom. The van der Waals surface area contributed by atoms with Gasteiger partial charge in [-0.2, -0.15) is 0 Å². The van der Waals surface area contributed by atoms with Crippen LogP contribution in [0.3, 0.4) is 0 Å². The van der Waals surface area contributed by atoms with Crippen LogP contribution in [0.2, 0.25) is 5.02 Å². The van der Waals surface area contributed by atoms with Gasteiger partial charge >= 0.3 is 0 Å². The highest BCUT2D eigenvalue weighted by Crippen LogP contribution is 2.42. The molecule has 0 radical (unpaired) electrons. The fourth-order valence-corrected chi connectivity index (χ4v) is 3.06. The first-order valence-electron chi connectivity index (χ1n) is 7.57. The van der Waals surface area contributed by atoms with E-state index in [0.29, 0.717) is 16.8 Å². The standard InChI is InChI=1S/C18H15ClF2N2O2/c1-18(2)12-7-10(19)3-6-15(12)23(17(18)25)9-16(24)22-14-5-4-11(20)8-13(14)21/h3-8H,9H2,1-2H3,(H,22,24). The highest BCUT2D eigenvalue weighted by atomic mass is 35.5. The van der Waals surface area contributed by atoms with Crippen LogP contribution in [0.1, 0.15) is 19.4 Å². The molecule has 7 heteroatoms. The fraction of sp³-hybridized carbons (Fsp3) is 0.222. The van der Waals surface area contributed by atoms with Crippen LogP contribution in [-0.4, -0.2) is 18.4 Å². The Kier molecular flexibility index (Phi) is 4.24. The summed E-state index contributed by atoms with van der Waals surface area (Å²) in [5.41, 5.74) is 0.357. The Bertz CT molecular complexity index is 883. The highest BCUT2D eigenvalue weighted by molar-refractivity contribution is 6.31. The summed E-state index contributed by atoms with van der Waals surface area (Å²) >= 11 is 6.01. The molecule has 1 N–H and O–H groups in total. The van der Waals surface area contributed by atoms with Gasteiger partial charge in [-0.1, -0.05) is 11.6 Å². The molecule has 1 aliphatic heterocycles. The van der Waals surface area contributed by atoms with Crippen LogP contribution < -0.4 is 10.2 Å². The molecular weight excluding hydrogens is 350 g/mol. The number of rotatable bonds is 3. The third-order valence-electron chi connectivity index (χ3n) is 4.21. The number of fused-ring (bicyclic) bond motifs is 1. The molecule has 2 amide bonds. The van der Waals surface area contributed by atoms with E-state index in [0.717, 1.165) is 17.7 Å². The second-order valence-electron chi connectivity index (χ2n) is 6.35. The van der Waals surface area contributed by atoms with Crippen LogP contribution in [-0.2, 0) is 15.0 Å². The minimum absolute atomic E-state index is 0.145. The van der Waals surface area contributed by atoms with Gasteiger partial charge in [0.1, 0.15) is 18.2 Å². The Labute approximate surface area is 148 Å². The second-order valence-corrected chi connectivity index (χ2v) is 6.79. The predicted octanol–water partition coefficient (Wildman–Crippen LogP) is 3.88. The van der Waals surface area contributed by atoms with E-state index < -0.39 is 23.0 Å². The van der Waals surface area contributed by atoms with Gasteiger partial charge in [-0.3, -0.25) is 9.59 Å². The van der Waals surface area contributed by atoms with Crippen molar-refractivity contribution in [1.29, 1.82) is 0 Å². The van der Waals surface area contributed by atoms with Crippen molar-refractivity contribution in [3.05, 3.63) is 58.6 Å². The smallest absolute Gasteiger partial charge is 0.244 e. The molecule has 2 aromatic carbocycles. The minimum Gasteiger partial charge on any atom is -0.322 e. The van der Waals surface area contributed by atoms with Crippen LogP contribution >= 0.6 is 11.6 Å². The van der Waals surface area contributed by atoms with Crippen molar-refractivity contribution in [2.45, 2.75) is 19.3 Å². The molecule has 130 valence electrons. The summed E-state index contributed by atoms with van der Waals surface area (Å²) in [6.45, 7) is 3.22. The van der Waals surface area contributed by atoms with Crippen LogP contribution in [0.4, 0.5) is 20.2 Å². The number of halogens is 3. The van der Waals surface area contributed by atoms with Gasteiger partial charge in [0.2, 0.25) is 11.8 Å². The SMILES string of the molecule is CC1(C)C(=O)N(CC(=O)Nc2ccc(F)cc2F)c2ccc(Cl)cc21. The van der Waals surface area contributed by atoms with E-state index in [4.69, 9.17) is 11.6 Å². The molecule has 25 heavy (non-hydrogen) atoms. The maximum absolute atomic E-state index is 13.7. The number of hydrogen-bond donors (Lipinski definition) is 1. The molecule has 3 rings (SSSR count). The van der Waals surface area contributed by atoms with E-state index in [1.165, 1.54) is 4.90 Å². The van der Waals surface area contributed by atoms with Crippen LogP contribution in [0.25, 0.3) is 0 Å². The van der Waals surface area contributed by atoms with Gasteiger partial charge in [-0.25, -0.2) is 8.78 Å². The van der Waals surface area contributed by atoms with E-state index >= 15 is 0 Å². The molecular formula is C18H15ClF2N2O2. The van der Waals surface area contributed by atoms with Crippen molar-refractivity contribution < 1.29 is 18.4 Å². The summed E-state index contributed by atoms with van der Waals surface area (Å²) in [7, 11) is 0. The van der Waals surface area contributed by atoms with Gasteiger partial charge < -0.3 is 10.2 Å². The molecule has 0 spiro atoms. The normalized spacial score (nSPS) is 15.2. The van der Waals surface area contributed by atoms with Gasteiger partial charge in [-0.15, -0.1) is 0 Å². The zero-order valence-electron chi connectivity index (χ0n) is 13.6. The van der Waals surface area contributed by atoms with Crippen molar-refractivity contribution in [2.75, 3.05) is 16.8 Å². The molecule has 0 saturated heterocycles. The van der Waals surface area contributed by atoms with Crippen LogP contribution in [0.15, 0.2) is 36.4 Å². The molecule has 2 aromatic rings. The first-order valence-corrected chi connectivity index (χ1v) is 7.95. The van der Waals surface area contributed by atoms with E-state index in [2.05, 4.69) is 5.32 Å². The summed E-state index contributed by atoms with van der Waals surface area (Å²) in [5, 5.41) is 2.85. The summed E-state index contributed by atoms with van der Waals surface area (Å²) in [6, 6.07) is 7.87. The molecule has 0 saturated carbocycles. The van der Waals surface area contributed by atoms with Crippen LogP contribution in [0, 0.1) is 11.6 Å². The minimum atomic E-state index is -0.881. The number of carbonyl (C=O) groups excluding carboxylic acids is 2. The fourth-order valence-electron chi connectivity index (χ4n) is 2.89. The quantitative estimate of drug-likeness (QED) is 0.898. The Balaban J connectivity index is 1.83. The summed E-state index contributed by atoms with van der Waals surface area (Å²) in [4.78, 5) is 26.3. The van der Waals surface area contributed by atoms with Gasteiger partial charge in [0.15, 0.2) is 0 Å². The van der Waals surface area contributed by atoms with Crippen LogP contribution in [0.5, 0.6) is 0 Å². The third-order valence-corrected chi connectivity index (χ3v) is 4.44. The van der Waals surface area contributed by atoms with Crippen molar-refractivity contribution in [3.8, 4) is 0 Å². The lowest BCUT2D eigenvalue weighted by Gasteiger charge is -2.20.